The summed E-state index contributed by atoms with van der Waals surface area (Å²) in [5.74, 6) is 1.26. The quantitative estimate of drug-likeness (QED) is 0.503. The summed E-state index contributed by atoms with van der Waals surface area (Å²) in [4.78, 5) is 13.7. The van der Waals surface area contributed by atoms with Crippen molar-refractivity contribution in [2.45, 2.75) is 32.5 Å². The molecule has 0 spiro atoms. The van der Waals surface area contributed by atoms with Crippen LogP contribution in [0, 0.1) is 5.82 Å². The maximum absolute atomic E-state index is 13.3. The van der Waals surface area contributed by atoms with Gasteiger partial charge in [0.1, 0.15) is 18.2 Å². The molecule has 0 aliphatic rings. The van der Waals surface area contributed by atoms with Crippen LogP contribution in [-0.4, -0.2) is 30.5 Å². The molecule has 0 saturated carbocycles. The molecule has 0 saturated heterocycles. The molecule has 3 aromatic rings. The number of rotatable bonds is 11. The van der Waals surface area contributed by atoms with Crippen LogP contribution in [0.2, 0.25) is 0 Å². The molecule has 3 rings (SSSR count). The summed E-state index contributed by atoms with van der Waals surface area (Å²) in [5.41, 5.74) is 7.28. The minimum absolute atomic E-state index is 0.237. The van der Waals surface area contributed by atoms with Gasteiger partial charge in [-0.05, 0) is 60.9 Å². The van der Waals surface area contributed by atoms with Crippen molar-refractivity contribution in [3.63, 3.8) is 0 Å². The predicted octanol–water partition coefficient (Wildman–Crippen LogP) is 3.92. The van der Waals surface area contributed by atoms with Gasteiger partial charge < -0.3 is 19.6 Å². The number of halogens is 1. The van der Waals surface area contributed by atoms with Gasteiger partial charge in [-0.1, -0.05) is 18.2 Å². The van der Waals surface area contributed by atoms with Crippen LogP contribution in [0.15, 0.2) is 65.3 Å². The Hall–Kier alpha value is -3.32. The van der Waals surface area contributed by atoms with Gasteiger partial charge in [0.25, 0.3) is 0 Å². The van der Waals surface area contributed by atoms with E-state index >= 15 is 0 Å². The molecule has 2 aromatic carbocycles. The number of hydrogen-bond acceptors (Lipinski definition) is 5. The van der Waals surface area contributed by atoms with Gasteiger partial charge >= 0.3 is 0 Å². The Balaban J connectivity index is 1.65. The van der Waals surface area contributed by atoms with Crippen LogP contribution in [0.4, 0.5) is 4.39 Å². The van der Waals surface area contributed by atoms with E-state index in [2.05, 4.69) is 0 Å². The molecule has 0 aliphatic heterocycles. The van der Waals surface area contributed by atoms with Crippen LogP contribution >= 0.6 is 0 Å². The summed E-state index contributed by atoms with van der Waals surface area (Å²) < 4.78 is 30.1. The molecule has 6 nitrogen and oxygen atoms in total. The highest BCUT2D eigenvalue weighted by atomic mass is 19.1. The minimum atomic E-state index is -0.430. The highest BCUT2D eigenvalue weighted by Crippen LogP contribution is 2.29. The van der Waals surface area contributed by atoms with E-state index in [4.69, 9.17) is 19.6 Å². The molecule has 0 fully saturated rings. The molecule has 1 atom stereocenters. The highest BCUT2D eigenvalue weighted by molar-refractivity contribution is 5.79. The summed E-state index contributed by atoms with van der Waals surface area (Å²) in [6.45, 7) is 3.12. The fraction of sp³-hybridized carbons (Fsp3) is 0.292. The number of benzene rings is 2. The molecule has 0 radical (unpaired) electrons. The van der Waals surface area contributed by atoms with Crippen LogP contribution in [0.25, 0.3) is 0 Å². The molecule has 164 valence electrons. The number of hydrogen-bond donors (Lipinski definition) is 1. The minimum Gasteiger partial charge on any atom is -0.493 e. The average molecular weight is 426 g/mol. The fourth-order valence-corrected chi connectivity index (χ4v) is 3.24. The number of amides is 1. The lowest BCUT2D eigenvalue weighted by Crippen LogP contribution is -2.43. The monoisotopic (exact) mass is 426 g/mol. The second kappa shape index (κ2) is 10.6. The van der Waals surface area contributed by atoms with Crippen molar-refractivity contribution in [3.8, 4) is 11.5 Å². The Labute approximate surface area is 181 Å². The van der Waals surface area contributed by atoms with Gasteiger partial charge in [0.15, 0.2) is 11.5 Å². The number of ether oxygens (including phenoxy) is 2. The van der Waals surface area contributed by atoms with Gasteiger partial charge in [-0.25, -0.2) is 4.39 Å². The third-order valence-corrected chi connectivity index (χ3v) is 5.10. The van der Waals surface area contributed by atoms with Crippen LogP contribution in [-0.2, 0) is 24.4 Å². The molecule has 1 aromatic heterocycles. The lowest BCUT2D eigenvalue weighted by Gasteiger charge is -2.26. The highest BCUT2D eigenvalue weighted by Gasteiger charge is 2.20. The topological polar surface area (TPSA) is 77.9 Å². The largest absolute Gasteiger partial charge is 0.493 e. The molecular weight excluding hydrogens is 399 g/mol. The second-order valence-electron chi connectivity index (χ2n) is 7.28. The number of furan rings is 1. The summed E-state index contributed by atoms with van der Waals surface area (Å²) in [5, 5.41) is 0. The summed E-state index contributed by atoms with van der Waals surface area (Å²) in [6.07, 6.45) is 2.29. The Kier molecular flexibility index (Phi) is 7.67. The van der Waals surface area contributed by atoms with E-state index in [1.54, 1.807) is 32.4 Å². The third kappa shape index (κ3) is 6.33. The van der Waals surface area contributed by atoms with E-state index in [9.17, 15) is 9.18 Å². The van der Waals surface area contributed by atoms with Gasteiger partial charge in [0, 0.05) is 6.54 Å². The Morgan fingerprint density at radius 3 is 2.65 bits per heavy atom. The normalized spacial score (nSPS) is 12.0. The van der Waals surface area contributed by atoms with Gasteiger partial charge in [-0.2, -0.15) is 0 Å². The molecule has 1 amide bonds. The van der Waals surface area contributed by atoms with Gasteiger partial charge in [0.05, 0.1) is 26.0 Å². The standard InChI is InChI=1S/C24H27FN2O4/c1-17(24(26)28)27(15-21-7-4-12-30-21)11-10-18-8-9-22(23(14-18)29-2)31-16-19-5-3-6-20(25)13-19/h3-9,12-14,17H,10-11,15-16H2,1-2H3,(H2,26,28). The maximum atomic E-state index is 13.3. The zero-order chi connectivity index (χ0) is 22.2. The first-order chi connectivity index (χ1) is 15.0. The van der Waals surface area contributed by atoms with Crippen LogP contribution in [0.5, 0.6) is 11.5 Å². The van der Waals surface area contributed by atoms with E-state index in [1.165, 1.54) is 12.1 Å². The van der Waals surface area contributed by atoms with E-state index < -0.39 is 6.04 Å². The zero-order valence-corrected chi connectivity index (χ0v) is 17.7. The summed E-state index contributed by atoms with van der Waals surface area (Å²) in [7, 11) is 1.58. The Bertz CT molecular complexity index is 991. The predicted molar refractivity (Wildman–Crippen MR) is 115 cm³/mol. The van der Waals surface area contributed by atoms with Crippen molar-refractivity contribution in [2.75, 3.05) is 13.7 Å². The number of methoxy groups -OCH3 is 1. The third-order valence-electron chi connectivity index (χ3n) is 5.10. The smallest absolute Gasteiger partial charge is 0.234 e. The maximum Gasteiger partial charge on any atom is 0.234 e. The van der Waals surface area contributed by atoms with Crippen molar-refractivity contribution in [1.29, 1.82) is 0 Å². The van der Waals surface area contributed by atoms with E-state index in [0.717, 1.165) is 16.9 Å². The van der Waals surface area contributed by atoms with Crippen molar-refractivity contribution in [1.82, 2.24) is 4.90 Å². The van der Waals surface area contributed by atoms with Crippen molar-refractivity contribution >= 4 is 5.91 Å². The lowest BCUT2D eigenvalue weighted by molar-refractivity contribution is -0.122. The van der Waals surface area contributed by atoms with Crippen molar-refractivity contribution < 1.29 is 23.1 Å². The van der Waals surface area contributed by atoms with Crippen LogP contribution in [0.3, 0.4) is 0 Å². The first-order valence-corrected chi connectivity index (χ1v) is 10.1. The first kappa shape index (κ1) is 22.4. The Morgan fingerprint density at radius 2 is 1.97 bits per heavy atom. The molecule has 7 heteroatoms. The number of carbonyl (C=O) groups excluding carboxylic acids is 1. The summed E-state index contributed by atoms with van der Waals surface area (Å²) >= 11 is 0. The number of nitrogens with zero attached hydrogens (tertiary/aromatic N) is 1. The van der Waals surface area contributed by atoms with Crippen LogP contribution in [0.1, 0.15) is 23.8 Å². The van der Waals surface area contributed by atoms with Gasteiger partial charge in [-0.15, -0.1) is 0 Å². The molecular formula is C24H27FN2O4. The molecule has 1 unspecified atom stereocenters. The SMILES string of the molecule is COc1cc(CCN(Cc2ccco2)C(C)C(N)=O)ccc1OCc1cccc(F)c1. The molecule has 0 aliphatic carbocycles. The fourth-order valence-electron chi connectivity index (χ4n) is 3.24. The molecule has 0 bridgehead atoms. The van der Waals surface area contributed by atoms with Crippen LogP contribution < -0.4 is 15.2 Å². The molecule has 1 heterocycles. The van der Waals surface area contributed by atoms with Gasteiger partial charge in [0.2, 0.25) is 5.91 Å². The Morgan fingerprint density at radius 1 is 1.13 bits per heavy atom. The molecule has 31 heavy (non-hydrogen) atoms. The summed E-state index contributed by atoms with van der Waals surface area (Å²) in [6, 6.07) is 15.2. The first-order valence-electron chi connectivity index (χ1n) is 10.1. The lowest BCUT2D eigenvalue weighted by atomic mass is 10.1. The van der Waals surface area contributed by atoms with E-state index in [0.29, 0.717) is 31.0 Å². The van der Waals surface area contributed by atoms with Gasteiger partial charge in [-0.3, -0.25) is 9.69 Å². The van der Waals surface area contributed by atoms with Crippen molar-refractivity contribution in [2.24, 2.45) is 5.73 Å². The second-order valence-corrected chi connectivity index (χ2v) is 7.28. The van der Waals surface area contributed by atoms with E-state index in [1.807, 2.05) is 35.2 Å². The molecule has 2 N–H and O–H groups in total. The average Bonchev–Trinajstić information content (AvgIpc) is 3.28. The number of nitrogens with two attached hydrogens (primary N) is 1. The number of carbonyl (C=O) groups is 1. The number of primary amides is 1. The van der Waals surface area contributed by atoms with Crippen molar-refractivity contribution in [3.05, 3.63) is 83.6 Å². The zero-order valence-electron chi connectivity index (χ0n) is 17.7. The van der Waals surface area contributed by atoms with E-state index in [-0.39, 0.29) is 18.3 Å².